The van der Waals surface area contributed by atoms with Gasteiger partial charge in [0.25, 0.3) is 11.5 Å². The van der Waals surface area contributed by atoms with Crippen LogP contribution >= 0.6 is 0 Å². The van der Waals surface area contributed by atoms with Gasteiger partial charge in [-0.15, -0.1) is 0 Å². The SMILES string of the molecule is Cn1c(=O)c2cc(NC(=O)c3c(F)cccc3F)cnc2n(C)c1=O. The van der Waals surface area contributed by atoms with Gasteiger partial charge in [0, 0.05) is 14.1 Å². The maximum atomic E-state index is 13.7. The molecule has 0 bridgehead atoms. The van der Waals surface area contributed by atoms with Gasteiger partial charge in [-0.05, 0) is 18.2 Å². The number of nitrogens with one attached hydrogen (secondary N) is 1. The van der Waals surface area contributed by atoms with E-state index in [0.717, 1.165) is 22.8 Å². The molecule has 0 saturated heterocycles. The minimum absolute atomic E-state index is 0.0657. The Balaban J connectivity index is 2.08. The number of halogens is 2. The van der Waals surface area contributed by atoms with Gasteiger partial charge in [0.2, 0.25) is 0 Å². The third kappa shape index (κ3) is 2.69. The predicted molar refractivity (Wildman–Crippen MR) is 86.5 cm³/mol. The number of aryl methyl sites for hydroxylation is 1. The molecule has 9 heteroatoms. The van der Waals surface area contributed by atoms with Gasteiger partial charge in [0.1, 0.15) is 22.8 Å². The Labute approximate surface area is 139 Å². The molecule has 1 N–H and O–H groups in total. The molecule has 0 saturated carbocycles. The van der Waals surface area contributed by atoms with Gasteiger partial charge >= 0.3 is 5.69 Å². The van der Waals surface area contributed by atoms with Crippen LogP contribution in [0.15, 0.2) is 40.1 Å². The Morgan fingerprint density at radius 3 is 2.40 bits per heavy atom. The van der Waals surface area contributed by atoms with Crippen molar-refractivity contribution in [2.45, 2.75) is 0 Å². The molecule has 0 unspecified atom stereocenters. The average Bonchev–Trinajstić information content (AvgIpc) is 2.58. The fourth-order valence-corrected chi connectivity index (χ4v) is 2.44. The Morgan fingerprint density at radius 2 is 1.76 bits per heavy atom. The van der Waals surface area contributed by atoms with Gasteiger partial charge in [-0.2, -0.15) is 0 Å². The topological polar surface area (TPSA) is 86.0 Å². The molecular weight excluding hydrogens is 334 g/mol. The average molecular weight is 346 g/mol. The summed E-state index contributed by atoms with van der Waals surface area (Å²) in [7, 11) is 2.76. The summed E-state index contributed by atoms with van der Waals surface area (Å²) < 4.78 is 29.4. The molecule has 0 aliphatic rings. The Morgan fingerprint density at radius 1 is 1.12 bits per heavy atom. The number of rotatable bonds is 2. The van der Waals surface area contributed by atoms with Gasteiger partial charge in [-0.25, -0.2) is 18.6 Å². The van der Waals surface area contributed by atoms with Gasteiger partial charge in [0.15, 0.2) is 0 Å². The zero-order valence-corrected chi connectivity index (χ0v) is 13.2. The van der Waals surface area contributed by atoms with Crippen molar-refractivity contribution in [2.75, 3.05) is 5.32 Å². The van der Waals surface area contributed by atoms with Crippen LogP contribution in [0.1, 0.15) is 10.4 Å². The normalized spacial score (nSPS) is 10.9. The first-order valence-electron chi connectivity index (χ1n) is 7.12. The fourth-order valence-electron chi connectivity index (χ4n) is 2.44. The van der Waals surface area contributed by atoms with Crippen LogP contribution in [0, 0.1) is 11.6 Å². The molecule has 0 fully saturated rings. The van der Waals surface area contributed by atoms with Crippen LogP contribution in [-0.4, -0.2) is 20.0 Å². The molecule has 0 aliphatic heterocycles. The lowest BCUT2D eigenvalue weighted by atomic mass is 10.2. The number of hydrogen-bond donors (Lipinski definition) is 1. The lowest BCUT2D eigenvalue weighted by Crippen LogP contribution is -2.37. The molecule has 3 rings (SSSR count). The number of amides is 1. The summed E-state index contributed by atoms with van der Waals surface area (Å²) in [6.45, 7) is 0. The smallest absolute Gasteiger partial charge is 0.320 e. The van der Waals surface area contributed by atoms with Crippen molar-refractivity contribution in [2.24, 2.45) is 14.1 Å². The quantitative estimate of drug-likeness (QED) is 0.755. The van der Waals surface area contributed by atoms with E-state index >= 15 is 0 Å². The van der Waals surface area contributed by atoms with Crippen molar-refractivity contribution < 1.29 is 13.6 Å². The minimum Gasteiger partial charge on any atom is -0.320 e. The second kappa shape index (κ2) is 5.93. The molecule has 7 nitrogen and oxygen atoms in total. The van der Waals surface area contributed by atoms with Crippen LogP contribution in [0.5, 0.6) is 0 Å². The van der Waals surface area contributed by atoms with E-state index in [1.807, 2.05) is 0 Å². The number of carbonyl (C=O) groups excluding carboxylic acids is 1. The monoisotopic (exact) mass is 346 g/mol. The molecule has 0 radical (unpaired) electrons. The van der Waals surface area contributed by atoms with Crippen molar-refractivity contribution in [1.29, 1.82) is 0 Å². The van der Waals surface area contributed by atoms with Crippen LogP contribution in [-0.2, 0) is 14.1 Å². The van der Waals surface area contributed by atoms with Gasteiger partial charge in [0.05, 0.1) is 17.3 Å². The van der Waals surface area contributed by atoms with Crippen LogP contribution < -0.4 is 16.6 Å². The number of hydrogen-bond acceptors (Lipinski definition) is 4. The highest BCUT2D eigenvalue weighted by molar-refractivity contribution is 6.05. The number of carbonyl (C=O) groups is 1. The van der Waals surface area contributed by atoms with E-state index in [-0.39, 0.29) is 16.7 Å². The Bertz CT molecular complexity index is 1110. The van der Waals surface area contributed by atoms with Gasteiger partial charge in [-0.3, -0.25) is 18.7 Å². The minimum atomic E-state index is -1.02. The zero-order valence-electron chi connectivity index (χ0n) is 13.2. The third-order valence-corrected chi connectivity index (χ3v) is 3.74. The van der Waals surface area contributed by atoms with Crippen LogP contribution in [0.25, 0.3) is 11.0 Å². The van der Waals surface area contributed by atoms with E-state index in [0.29, 0.717) is 0 Å². The Hall–Kier alpha value is -3.36. The van der Waals surface area contributed by atoms with E-state index in [9.17, 15) is 23.2 Å². The summed E-state index contributed by atoms with van der Waals surface area (Å²) in [5.41, 5.74) is -1.69. The lowest BCUT2D eigenvalue weighted by Gasteiger charge is -2.10. The number of benzene rings is 1. The van der Waals surface area contributed by atoms with E-state index in [1.165, 1.54) is 30.9 Å². The van der Waals surface area contributed by atoms with Crippen molar-refractivity contribution in [3.8, 4) is 0 Å². The summed E-state index contributed by atoms with van der Waals surface area (Å²) in [4.78, 5) is 40.1. The van der Waals surface area contributed by atoms with Gasteiger partial charge < -0.3 is 5.32 Å². The second-order valence-corrected chi connectivity index (χ2v) is 5.35. The number of aromatic nitrogens is 3. The number of nitrogens with zero attached hydrogens (tertiary/aromatic N) is 3. The third-order valence-electron chi connectivity index (χ3n) is 3.74. The molecule has 0 spiro atoms. The first-order chi connectivity index (χ1) is 11.8. The van der Waals surface area contributed by atoms with Crippen LogP contribution in [0.2, 0.25) is 0 Å². The molecule has 128 valence electrons. The molecule has 1 aromatic carbocycles. The molecule has 0 atom stereocenters. The van der Waals surface area contributed by atoms with Crippen LogP contribution in [0.3, 0.4) is 0 Å². The number of pyridine rings is 1. The largest absolute Gasteiger partial charge is 0.332 e. The molecule has 2 heterocycles. The Kier molecular flexibility index (Phi) is 3.91. The molecular formula is C16H12F2N4O3. The van der Waals surface area contributed by atoms with Gasteiger partial charge in [-0.1, -0.05) is 6.07 Å². The summed E-state index contributed by atoms with van der Waals surface area (Å²) in [5, 5.41) is 2.38. The highest BCUT2D eigenvalue weighted by Crippen LogP contribution is 2.16. The van der Waals surface area contributed by atoms with Crippen molar-refractivity contribution in [3.05, 3.63) is 68.5 Å². The van der Waals surface area contributed by atoms with Crippen molar-refractivity contribution in [3.63, 3.8) is 0 Å². The maximum absolute atomic E-state index is 13.7. The summed E-state index contributed by atoms with van der Waals surface area (Å²) in [5.74, 6) is -3.03. The first-order valence-corrected chi connectivity index (χ1v) is 7.12. The molecule has 0 aliphatic carbocycles. The molecule has 1 amide bonds. The van der Waals surface area contributed by atoms with E-state index < -0.39 is 34.4 Å². The standard InChI is InChI=1S/C16H12F2N4O3/c1-21-13-9(15(24)22(2)16(21)25)6-8(7-19-13)20-14(23)12-10(17)4-3-5-11(12)18/h3-7H,1-2H3,(H,20,23). The van der Waals surface area contributed by atoms with Crippen LogP contribution in [0.4, 0.5) is 14.5 Å². The first kappa shape index (κ1) is 16.5. The summed E-state index contributed by atoms with van der Waals surface area (Å²) >= 11 is 0. The van der Waals surface area contributed by atoms with Crippen molar-refractivity contribution in [1.82, 2.24) is 14.1 Å². The fraction of sp³-hybridized carbons (Fsp3) is 0.125. The highest BCUT2D eigenvalue weighted by atomic mass is 19.1. The highest BCUT2D eigenvalue weighted by Gasteiger charge is 2.18. The number of fused-ring (bicyclic) bond motifs is 1. The van der Waals surface area contributed by atoms with E-state index in [4.69, 9.17) is 0 Å². The van der Waals surface area contributed by atoms with E-state index in [1.54, 1.807) is 0 Å². The summed E-state index contributed by atoms with van der Waals surface area (Å²) in [6.07, 6.45) is 1.19. The molecule has 25 heavy (non-hydrogen) atoms. The molecule has 3 aromatic rings. The molecule has 2 aromatic heterocycles. The lowest BCUT2D eigenvalue weighted by molar-refractivity contribution is 0.101. The predicted octanol–water partition coefficient (Wildman–Crippen LogP) is 1.16. The van der Waals surface area contributed by atoms with Crippen molar-refractivity contribution >= 4 is 22.6 Å². The zero-order chi connectivity index (χ0) is 18.3. The second-order valence-electron chi connectivity index (χ2n) is 5.35. The maximum Gasteiger partial charge on any atom is 0.332 e. The van der Waals surface area contributed by atoms with E-state index in [2.05, 4.69) is 10.3 Å². The summed E-state index contributed by atoms with van der Waals surface area (Å²) in [6, 6.07) is 4.36. The number of anilines is 1.